The van der Waals surface area contributed by atoms with Crippen molar-refractivity contribution in [3.05, 3.63) is 15.8 Å². The zero-order valence-corrected chi connectivity index (χ0v) is 17.9. The van der Waals surface area contributed by atoms with E-state index < -0.39 is 5.97 Å². The standard InChI is InChI=1S/C21H28N2O5S/c1-21(2,3)8-4-16-12-17(18(29-16)19(24)25)22-14-5-9-23(10-6-14)20(26)28-15-7-11-27-13-15/h12,14-15,22H,5-7,9-11,13H2,1-3H3,(H,24,25)/t15-/m0/s1. The van der Waals surface area contributed by atoms with Gasteiger partial charge >= 0.3 is 12.1 Å². The summed E-state index contributed by atoms with van der Waals surface area (Å²) < 4.78 is 10.7. The lowest BCUT2D eigenvalue weighted by Crippen LogP contribution is -2.43. The number of piperidine rings is 1. The summed E-state index contributed by atoms with van der Waals surface area (Å²) >= 11 is 1.19. The molecule has 3 rings (SSSR count). The van der Waals surface area contributed by atoms with Gasteiger partial charge < -0.3 is 24.8 Å². The summed E-state index contributed by atoms with van der Waals surface area (Å²) in [6.07, 6.45) is 1.78. The summed E-state index contributed by atoms with van der Waals surface area (Å²) in [6.45, 7) is 8.32. The summed E-state index contributed by atoms with van der Waals surface area (Å²) in [5, 5.41) is 12.9. The van der Waals surface area contributed by atoms with Crippen LogP contribution in [0.15, 0.2) is 6.07 Å². The van der Waals surface area contributed by atoms with E-state index in [4.69, 9.17) is 9.47 Å². The second-order valence-corrected chi connectivity index (χ2v) is 9.49. The summed E-state index contributed by atoms with van der Waals surface area (Å²) in [4.78, 5) is 26.6. The average molecular weight is 421 g/mol. The molecule has 8 heteroatoms. The number of rotatable bonds is 4. The van der Waals surface area contributed by atoms with Crippen LogP contribution in [0.3, 0.4) is 0 Å². The number of anilines is 1. The van der Waals surface area contributed by atoms with Crippen LogP contribution in [0.25, 0.3) is 0 Å². The quantitative estimate of drug-likeness (QED) is 0.723. The first kappa shape index (κ1) is 21.5. The zero-order valence-electron chi connectivity index (χ0n) is 17.1. The Labute approximate surface area is 175 Å². The number of carbonyl (C=O) groups excluding carboxylic acids is 1. The van der Waals surface area contributed by atoms with Crippen molar-refractivity contribution >= 4 is 29.1 Å². The Morgan fingerprint density at radius 2 is 2.03 bits per heavy atom. The van der Waals surface area contributed by atoms with E-state index in [0.29, 0.717) is 32.0 Å². The summed E-state index contributed by atoms with van der Waals surface area (Å²) in [6, 6.07) is 1.91. The van der Waals surface area contributed by atoms with Crippen molar-refractivity contribution in [2.45, 2.75) is 52.2 Å². The van der Waals surface area contributed by atoms with E-state index in [1.165, 1.54) is 11.3 Å². The van der Waals surface area contributed by atoms with Crippen LogP contribution in [0.4, 0.5) is 10.5 Å². The number of amides is 1. The topological polar surface area (TPSA) is 88.1 Å². The maximum atomic E-state index is 12.3. The number of likely N-dealkylation sites (tertiary alicyclic amines) is 1. The number of hydrogen-bond acceptors (Lipinski definition) is 6. The summed E-state index contributed by atoms with van der Waals surface area (Å²) in [5.41, 5.74) is 0.456. The first-order valence-corrected chi connectivity index (χ1v) is 10.7. The minimum atomic E-state index is -0.957. The van der Waals surface area contributed by atoms with Crippen LogP contribution in [0.1, 0.15) is 54.6 Å². The third-order valence-electron chi connectivity index (χ3n) is 4.76. The number of nitrogens with zero attached hydrogens (tertiary/aromatic N) is 1. The second kappa shape index (κ2) is 9.06. The Morgan fingerprint density at radius 3 is 2.62 bits per heavy atom. The molecular weight excluding hydrogens is 392 g/mol. The van der Waals surface area contributed by atoms with Crippen molar-refractivity contribution in [1.29, 1.82) is 0 Å². The molecular formula is C21H28N2O5S. The SMILES string of the molecule is CC(C)(C)C#Cc1cc(NC2CCN(C(=O)O[C@H]3CCOC3)CC2)c(C(=O)O)s1. The number of nitrogens with one attached hydrogen (secondary N) is 1. The van der Waals surface area contributed by atoms with Gasteiger partial charge in [0.15, 0.2) is 0 Å². The molecule has 2 aliphatic heterocycles. The molecule has 0 spiro atoms. The fraction of sp³-hybridized carbons (Fsp3) is 0.619. The Bertz CT molecular complexity index is 803. The number of aromatic carboxylic acids is 1. The van der Waals surface area contributed by atoms with Gasteiger partial charge in [0.2, 0.25) is 0 Å². The first-order chi connectivity index (χ1) is 13.7. The van der Waals surface area contributed by atoms with Crippen molar-refractivity contribution in [3.63, 3.8) is 0 Å². The highest BCUT2D eigenvalue weighted by atomic mass is 32.1. The molecule has 0 radical (unpaired) electrons. The van der Waals surface area contributed by atoms with Crippen molar-refractivity contribution in [2.75, 3.05) is 31.6 Å². The smallest absolute Gasteiger partial charge is 0.410 e. The van der Waals surface area contributed by atoms with Crippen molar-refractivity contribution < 1.29 is 24.2 Å². The monoisotopic (exact) mass is 420 g/mol. The van der Waals surface area contributed by atoms with Crippen LogP contribution in [-0.2, 0) is 9.47 Å². The van der Waals surface area contributed by atoms with Gasteiger partial charge in [-0.2, -0.15) is 0 Å². The van der Waals surface area contributed by atoms with Crippen molar-refractivity contribution in [2.24, 2.45) is 5.41 Å². The van der Waals surface area contributed by atoms with Crippen molar-refractivity contribution in [1.82, 2.24) is 4.90 Å². The Morgan fingerprint density at radius 1 is 1.31 bits per heavy atom. The highest BCUT2D eigenvalue weighted by Gasteiger charge is 2.28. The van der Waals surface area contributed by atoms with Gasteiger partial charge in [-0.1, -0.05) is 11.8 Å². The third-order valence-corrected chi connectivity index (χ3v) is 5.79. The zero-order chi connectivity index (χ0) is 21.0. The summed E-state index contributed by atoms with van der Waals surface area (Å²) in [7, 11) is 0. The molecule has 1 atom stereocenters. The molecule has 1 amide bonds. The van der Waals surface area contributed by atoms with Gasteiger partial charge in [0, 0.05) is 31.0 Å². The molecule has 1 aromatic heterocycles. The predicted molar refractivity (Wildman–Crippen MR) is 112 cm³/mol. The van der Waals surface area contributed by atoms with Crippen LogP contribution in [0.5, 0.6) is 0 Å². The molecule has 0 bridgehead atoms. The van der Waals surface area contributed by atoms with Crippen LogP contribution in [0, 0.1) is 17.3 Å². The average Bonchev–Trinajstić information content (AvgIpc) is 3.30. The second-order valence-electron chi connectivity index (χ2n) is 8.43. The lowest BCUT2D eigenvalue weighted by molar-refractivity contribution is 0.0497. The van der Waals surface area contributed by atoms with E-state index in [1.807, 2.05) is 26.8 Å². The lowest BCUT2D eigenvalue weighted by Gasteiger charge is -2.32. The van der Waals surface area contributed by atoms with Gasteiger partial charge in [-0.05, 0) is 39.7 Å². The predicted octanol–water partition coefficient (Wildman–Crippen LogP) is 3.65. The minimum Gasteiger partial charge on any atom is -0.477 e. The van der Waals surface area contributed by atoms with Crippen LogP contribution >= 0.6 is 11.3 Å². The van der Waals surface area contributed by atoms with Gasteiger partial charge in [0.25, 0.3) is 0 Å². The van der Waals surface area contributed by atoms with E-state index in [-0.39, 0.29) is 28.5 Å². The Kier molecular flexibility index (Phi) is 6.70. The first-order valence-electron chi connectivity index (χ1n) is 9.91. The number of carboxylic acids is 1. The number of hydrogen-bond donors (Lipinski definition) is 2. The van der Waals surface area contributed by atoms with Crippen molar-refractivity contribution in [3.8, 4) is 11.8 Å². The highest BCUT2D eigenvalue weighted by Crippen LogP contribution is 2.29. The van der Waals surface area contributed by atoms with Crippen LogP contribution < -0.4 is 5.32 Å². The molecule has 3 heterocycles. The maximum absolute atomic E-state index is 12.3. The fourth-order valence-corrected chi connectivity index (χ4v) is 4.03. The van der Waals surface area contributed by atoms with Gasteiger partial charge in [0.1, 0.15) is 11.0 Å². The van der Waals surface area contributed by atoms with E-state index in [0.717, 1.165) is 24.1 Å². The normalized spacial score (nSPS) is 20.1. The van der Waals surface area contributed by atoms with E-state index in [1.54, 1.807) is 4.90 Å². The van der Waals surface area contributed by atoms with E-state index in [2.05, 4.69) is 17.2 Å². The molecule has 2 fully saturated rings. The molecule has 2 aliphatic rings. The summed E-state index contributed by atoms with van der Waals surface area (Å²) in [5.74, 6) is 5.26. The molecule has 2 N–H and O–H groups in total. The minimum absolute atomic E-state index is 0.102. The molecule has 0 aromatic carbocycles. The van der Waals surface area contributed by atoms with Crippen LogP contribution in [0.2, 0.25) is 0 Å². The van der Waals surface area contributed by atoms with Gasteiger partial charge in [-0.3, -0.25) is 0 Å². The molecule has 1 aromatic rings. The number of carbonyl (C=O) groups is 2. The molecule has 29 heavy (non-hydrogen) atoms. The molecule has 158 valence electrons. The highest BCUT2D eigenvalue weighted by molar-refractivity contribution is 7.15. The van der Waals surface area contributed by atoms with Gasteiger partial charge in [-0.25, -0.2) is 9.59 Å². The molecule has 0 saturated carbocycles. The largest absolute Gasteiger partial charge is 0.477 e. The van der Waals surface area contributed by atoms with Gasteiger partial charge in [0.05, 0.1) is 23.8 Å². The number of thiophene rings is 1. The lowest BCUT2D eigenvalue weighted by atomic mass is 9.98. The number of ether oxygens (including phenoxy) is 2. The Balaban J connectivity index is 1.57. The molecule has 0 aliphatic carbocycles. The maximum Gasteiger partial charge on any atom is 0.410 e. The van der Waals surface area contributed by atoms with Gasteiger partial charge in [-0.15, -0.1) is 11.3 Å². The molecule has 7 nitrogen and oxygen atoms in total. The Hall–Kier alpha value is -2.24. The van der Waals surface area contributed by atoms with E-state index in [9.17, 15) is 14.7 Å². The van der Waals surface area contributed by atoms with E-state index >= 15 is 0 Å². The molecule has 2 saturated heterocycles. The third kappa shape index (κ3) is 6.12. The number of carboxylic acid groups (broad SMARTS) is 1. The van der Waals surface area contributed by atoms with Crippen LogP contribution in [-0.4, -0.2) is 60.5 Å². The molecule has 0 unspecified atom stereocenters. The fourth-order valence-electron chi connectivity index (χ4n) is 3.22.